The fourth-order valence-electron chi connectivity index (χ4n) is 4.13. The second kappa shape index (κ2) is 5.92. The van der Waals surface area contributed by atoms with Crippen molar-refractivity contribution >= 4 is 0 Å². The average Bonchev–Trinajstić information content (AvgIpc) is 2.37. The maximum atomic E-state index is 3.59. The first kappa shape index (κ1) is 14.3. The zero-order valence-corrected chi connectivity index (χ0v) is 12.8. The molecule has 1 saturated carbocycles. The van der Waals surface area contributed by atoms with Crippen LogP contribution in [-0.2, 0) is 0 Å². The lowest BCUT2D eigenvalue weighted by Gasteiger charge is -2.50. The number of nitrogens with one attached hydrogen (secondary N) is 1. The van der Waals surface area contributed by atoms with Crippen LogP contribution in [0.1, 0.15) is 65.7 Å². The molecule has 2 heteroatoms. The number of hydrogen-bond donors (Lipinski definition) is 1. The molecule has 2 aliphatic rings. The number of rotatable bonds is 3. The van der Waals surface area contributed by atoms with E-state index in [1.807, 2.05) is 0 Å². The van der Waals surface area contributed by atoms with Crippen molar-refractivity contribution in [1.29, 1.82) is 0 Å². The summed E-state index contributed by atoms with van der Waals surface area (Å²) in [6.07, 6.45) is 9.69. The Labute approximate surface area is 114 Å². The quantitative estimate of drug-likeness (QED) is 0.828. The Morgan fingerprint density at radius 1 is 1.22 bits per heavy atom. The fourth-order valence-corrected chi connectivity index (χ4v) is 4.13. The molecule has 1 saturated heterocycles. The summed E-state index contributed by atoms with van der Waals surface area (Å²) in [5.41, 5.74) is 0.535. The molecule has 0 radical (unpaired) electrons. The number of nitrogens with zero attached hydrogens (tertiary/aromatic N) is 1. The van der Waals surface area contributed by atoms with E-state index in [1.54, 1.807) is 0 Å². The number of likely N-dealkylation sites (N-methyl/N-ethyl adjacent to an activating group) is 1. The summed E-state index contributed by atoms with van der Waals surface area (Å²) in [4.78, 5) is 2.85. The Kier molecular flexibility index (Phi) is 4.71. The van der Waals surface area contributed by atoms with E-state index >= 15 is 0 Å². The topological polar surface area (TPSA) is 15.3 Å². The van der Waals surface area contributed by atoms with Gasteiger partial charge in [-0.05, 0) is 57.5 Å². The van der Waals surface area contributed by atoms with Crippen molar-refractivity contribution in [3.63, 3.8) is 0 Å². The molecule has 1 N–H and O–H groups in total. The first-order valence-corrected chi connectivity index (χ1v) is 8.00. The number of hydrogen-bond acceptors (Lipinski definition) is 2. The smallest absolute Gasteiger partial charge is 0.0257 e. The van der Waals surface area contributed by atoms with Gasteiger partial charge < -0.3 is 5.32 Å². The zero-order chi connectivity index (χ0) is 13.2. The summed E-state index contributed by atoms with van der Waals surface area (Å²) >= 11 is 0. The summed E-state index contributed by atoms with van der Waals surface area (Å²) in [7, 11) is 2.15. The van der Waals surface area contributed by atoms with Crippen LogP contribution in [0.15, 0.2) is 0 Å². The zero-order valence-electron chi connectivity index (χ0n) is 12.8. The molecule has 1 heterocycles. The van der Waals surface area contributed by atoms with E-state index < -0.39 is 0 Å². The van der Waals surface area contributed by atoms with Crippen LogP contribution in [0.4, 0.5) is 0 Å². The minimum Gasteiger partial charge on any atom is -0.315 e. The fraction of sp³-hybridized carbons (Fsp3) is 1.00. The van der Waals surface area contributed by atoms with Crippen LogP contribution in [0.25, 0.3) is 0 Å². The van der Waals surface area contributed by atoms with Crippen LogP contribution in [-0.4, -0.2) is 36.6 Å². The summed E-state index contributed by atoms with van der Waals surface area (Å²) in [5.74, 6) is 0. The molecule has 1 aliphatic carbocycles. The maximum absolute atomic E-state index is 3.59. The Hall–Kier alpha value is -0.0800. The highest BCUT2D eigenvalue weighted by molar-refractivity contribution is 4.96. The Morgan fingerprint density at radius 2 is 2.00 bits per heavy atom. The van der Waals surface area contributed by atoms with Crippen LogP contribution >= 0.6 is 0 Å². The maximum Gasteiger partial charge on any atom is 0.0257 e. The Bertz CT molecular complexity index is 262. The molecule has 0 aromatic rings. The first-order chi connectivity index (χ1) is 8.57. The van der Waals surface area contributed by atoms with Crippen molar-refractivity contribution in [3.05, 3.63) is 0 Å². The predicted molar refractivity (Wildman–Crippen MR) is 78.9 cm³/mol. The van der Waals surface area contributed by atoms with Crippen molar-refractivity contribution in [2.45, 2.75) is 83.8 Å². The summed E-state index contributed by atoms with van der Waals surface area (Å²) in [6.45, 7) is 8.61. The third-order valence-corrected chi connectivity index (χ3v) is 5.30. The van der Waals surface area contributed by atoms with Gasteiger partial charge in [0.2, 0.25) is 0 Å². The highest BCUT2D eigenvalue weighted by Crippen LogP contribution is 2.39. The van der Waals surface area contributed by atoms with E-state index in [4.69, 9.17) is 0 Å². The molecule has 2 rings (SSSR count). The van der Waals surface area contributed by atoms with Crippen LogP contribution in [0.2, 0.25) is 0 Å². The molecule has 106 valence electrons. The molecule has 0 bridgehead atoms. The standard InChI is InChI=1S/C16H32N2/c1-5-13-8-6-7-11-18(13)15-12-16(2,3)10-9-14(15)17-4/h13-15,17H,5-12H2,1-4H3. The molecule has 3 atom stereocenters. The predicted octanol–water partition coefficient (Wildman–Crippen LogP) is 3.42. The largest absolute Gasteiger partial charge is 0.315 e. The van der Waals surface area contributed by atoms with Gasteiger partial charge >= 0.3 is 0 Å². The highest BCUT2D eigenvalue weighted by Gasteiger charge is 2.39. The normalized spacial score (nSPS) is 37.7. The molecule has 3 unspecified atom stereocenters. The molecule has 1 aliphatic heterocycles. The lowest BCUT2D eigenvalue weighted by molar-refractivity contribution is 0.0180. The Morgan fingerprint density at radius 3 is 2.67 bits per heavy atom. The van der Waals surface area contributed by atoms with Gasteiger partial charge in [0.1, 0.15) is 0 Å². The van der Waals surface area contributed by atoms with Gasteiger partial charge in [0.15, 0.2) is 0 Å². The van der Waals surface area contributed by atoms with E-state index in [0.29, 0.717) is 11.5 Å². The van der Waals surface area contributed by atoms with Gasteiger partial charge in [-0.25, -0.2) is 0 Å². The summed E-state index contributed by atoms with van der Waals surface area (Å²) < 4.78 is 0. The molecule has 0 spiro atoms. The molecule has 2 nitrogen and oxygen atoms in total. The SMILES string of the molecule is CCC1CCCCN1C1CC(C)(C)CCC1NC. The minimum atomic E-state index is 0.535. The van der Waals surface area contributed by atoms with E-state index in [2.05, 4.69) is 38.0 Å². The van der Waals surface area contributed by atoms with Gasteiger partial charge in [-0.1, -0.05) is 27.2 Å². The summed E-state index contributed by atoms with van der Waals surface area (Å²) in [5, 5.41) is 3.59. The number of likely N-dealkylation sites (tertiary alicyclic amines) is 1. The van der Waals surface area contributed by atoms with E-state index in [-0.39, 0.29) is 0 Å². The van der Waals surface area contributed by atoms with Crippen molar-refractivity contribution in [3.8, 4) is 0 Å². The summed E-state index contributed by atoms with van der Waals surface area (Å²) in [6, 6.07) is 2.32. The van der Waals surface area contributed by atoms with Crippen LogP contribution in [0.3, 0.4) is 0 Å². The van der Waals surface area contributed by atoms with Crippen molar-refractivity contribution < 1.29 is 0 Å². The van der Waals surface area contributed by atoms with Gasteiger partial charge in [0.05, 0.1) is 0 Å². The van der Waals surface area contributed by atoms with E-state index in [9.17, 15) is 0 Å². The Balaban J connectivity index is 2.10. The van der Waals surface area contributed by atoms with Gasteiger partial charge in [0, 0.05) is 18.1 Å². The first-order valence-electron chi connectivity index (χ1n) is 8.00. The molecule has 0 amide bonds. The molecular weight excluding hydrogens is 220 g/mol. The van der Waals surface area contributed by atoms with Crippen molar-refractivity contribution in [1.82, 2.24) is 10.2 Å². The average molecular weight is 252 g/mol. The van der Waals surface area contributed by atoms with Gasteiger partial charge in [0.25, 0.3) is 0 Å². The van der Waals surface area contributed by atoms with Gasteiger partial charge in [-0.15, -0.1) is 0 Å². The lowest BCUT2D eigenvalue weighted by Crippen LogP contribution is -2.57. The van der Waals surface area contributed by atoms with Crippen LogP contribution in [0.5, 0.6) is 0 Å². The van der Waals surface area contributed by atoms with Crippen LogP contribution in [0, 0.1) is 5.41 Å². The molecule has 0 aromatic carbocycles. The number of piperidine rings is 1. The molecule has 18 heavy (non-hydrogen) atoms. The lowest BCUT2D eigenvalue weighted by atomic mass is 9.71. The minimum absolute atomic E-state index is 0.535. The van der Waals surface area contributed by atoms with Crippen LogP contribution < -0.4 is 5.32 Å². The third-order valence-electron chi connectivity index (χ3n) is 5.30. The van der Waals surface area contributed by atoms with Gasteiger partial charge in [-0.3, -0.25) is 4.90 Å². The highest BCUT2D eigenvalue weighted by atomic mass is 15.2. The second-order valence-corrected chi connectivity index (χ2v) is 7.17. The van der Waals surface area contributed by atoms with E-state index in [0.717, 1.165) is 12.1 Å². The van der Waals surface area contributed by atoms with Crippen molar-refractivity contribution in [2.24, 2.45) is 5.41 Å². The monoisotopic (exact) mass is 252 g/mol. The third kappa shape index (κ3) is 3.08. The van der Waals surface area contributed by atoms with Gasteiger partial charge in [-0.2, -0.15) is 0 Å². The molecule has 2 fully saturated rings. The molecule has 0 aromatic heterocycles. The second-order valence-electron chi connectivity index (χ2n) is 7.17. The van der Waals surface area contributed by atoms with Crippen molar-refractivity contribution in [2.75, 3.05) is 13.6 Å². The molecular formula is C16H32N2. The van der Waals surface area contributed by atoms with E-state index in [1.165, 1.54) is 51.5 Å².